The van der Waals surface area contributed by atoms with Crippen LogP contribution in [0.15, 0.2) is 48.5 Å². The monoisotopic (exact) mass is 386 g/mol. The number of nitrogens with zero attached hydrogens (tertiary/aromatic N) is 1. The average molecular weight is 386 g/mol. The first-order chi connectivity index (χ1) is 13.5. The van der Waals surface area contributed by atoms with Gasteiger partial charge in [0, 0.05) is 13.6 Å². The van der Waals surface area contributed by atoms with Crippen molar-refractivity contribution in [2.24, 2.45) is 0 Å². The molecule has 0 aliphatic heterocycles. The van der Waals surface area contributed by atoms with Crippen molar-refractivity contribution < 1.29 is 18.7 Å². The Morgan fingerprint density at radius 1 is 1.04 bits per heavy atom. The molecule has 0 spiro atoms. The molecular weight excluding hydrogens is 359 g/mol. The van der Waals surface area contributed by atoms with Crippen LogP contribution < -0.4 is 10.1 Å². The summed E-state index contributed by atoms with van der Waals surface area (Å²) >= 11 is 0. The summed E-state index contributed by atoms with van der Waals surface area (Å²) in [4.78, 5) is 26.6. The maximum Gasteiger partial charge on any atom is 0.261 e. The van der Waals surface area contributed by atoms with Crippen LogP contribution in [-0.2, 0) is 22.6 Å². The summed E-state index contributed by atoms with van der Waals surface area (Å²) in [6.45, 7) is 3.93. The van der Waals surface area contributed by atoms with E-state index in [9.17, 15) is 14.0 Å². The van der Waals surface area contributed by atoms with Gasteiger partial charge < -0.3 is 15.0 Å². The molecule has 0 saturated heterocycles. The van der Waals surface area contributed by atoms with E-state index in [-0.39, 0.29) is 30.8 Å². The Balaban J connectivity index is 2.14. The molecule has 5 nitrogen and oxygen atoms in total. The highest BCUT2D eigenvalue weighted by Crippen LogP contribution is 2.16. The molecule has 2 rings (SSSR count). The van der Waals surface area contributed by atoms with Crippen LogP contribution in [0.1, 0.15) is 31.4 Å². The lowest BCUT2D eigenvalue weighted by molar-refractivity contribution is -0.142. The van der Waals surface area contributed by atoms with E-state index in [0.29, 0.717) is 12.2 Å². The number of rotatable bonds is 9. The lowest BCUT2D eigenvalue weighted by atomic mass is 10.1. The molecule has 2 aromatic rings. The number of carbonyl (C=O) groups excluding carboxylic acids is 2. The third kappa shape index (κ3) is 5.81. The Labute approximate surface area is 165 Å². The Kier molecular flexibility index (Phi) is 7.99. The molecule has 2 aromatic carbocycles. The Hall–Kier alpha value is -2.89. The number of halogens is 1. The number of amides is 2. The second-order valence-corrected chi connectivity index (χ2v) is 6.47. The minimum absolute atomic E-state index is 0.180. The molecule has 0 aromatic heterocycles. The van der Waals surface area contributed by atoms with E-state index in [1.165, 1.54) is 29.6 Å². The van der Waals surface area contributed by atoms with E-state index in [1.54, 1.807) is 12.1 Å². The highest BCUT2D eigenvalue weighted by atomic mass is 19.1. The number of hydrogen-bond donors (Lipinski definition) is 1. The quantitative estimate of drug-likeness (QED) is 0.719. The first-order valence-electron chi connectivity index (χ1n) is 9.45. The van der Waals surface area contributed by atoms with Gasteiger partial charge in [0.2, 0.25) is 5.91 Å². The summed E-state index contributed by atoms with van der Waals surface area (Å²) in [5.41, 5.74) is 1.92. The molecule has 0 unspecified atom stereocenters. The van der Waals surface area contributed by atoms with Gasteiger partial charge in [0.25, 0.3) is 5.91 Å². The normalized spacial score (nSPS) is 11.6. The fraction of sp³-hybridized carbons (Fsp3) is 0.364. The molecule has 0 heterocycles. The lowest BCUT2D eigenvalue weighted by Crippen LogP contribution is -2.49. The molecule has 0 radical (unpaired) electrons. The lowest BCUT2D eigenvalue weighted by Gasteiger charge is -2.30. The van der Waals surface area contributed by atoms with Crippen LogP contribution in [0, 0.1) is 5.82 Å². The van der Waals surface area contributed by atoms with Gasteiger partial charge in [-0.05, 0) is 48.2 Å². The van der Waals surface area contributed by atoms with E-state index >= 15 is 0 Å². The van der Waals surface area contributed by atoms with E-state index < -0.39 is 6.04 Å². The second-order valence-electron chi connectivity index (χ2n) is 6.47. The predicted octanol–water partition coefficient (Wildman–Crippen LogP) is 3.32. The third-order valence-corrected chi connectivity index (χ3v) is 4.59. The second kappa shape index (κ2) is 10.4. The summed E-state index contributed by atoms with van der Waals surface area (Å²) in [6, 6.07) is 12.8. The SMILES string of the molecule is CCc1ccc(OCC(=O)N(Cc2ccc(F)cc2)[C@H](CC)C(=O)NC)cc1. The zero-order chi connectivity index (χ0) is 20.5. The summed E-state index contributed by atoms with van der Waals surface area (Å²) in [6.07, 6.45) is 1.38. The van der Waals surface area contributed by atoms with Crippen molar-refractivity contribution >= 4 is 11.8 Å². The molecule has 6 heteroatoms. The summed E-state index contributed by atoms with van der Waals surface area (Å²) in [5, 5.41) is 2.60. The van der Waals surface area contributed by atoms with Gasteiger partial charge in [-0.1, -0.05) is 38.1 Å². The van der Waals surface area contributed by atoms with Crippen LogP contribution in [0.3, 0.4) is 0 Å². The summed E-state index contributed by atoms with van der Waals surface area (Å²) in [5.74, 6) is -0.302. The number of hydrogen-bond acceptors (Lipinski definition) is 3. The number of ether oxygens (including phenoxy) is 1. The Morgan fingerprint density at radius 2 is 1.64 bits per heavy atom. The minimum atomic E-state index is -0.631. The Bertz CT molecular complexity index is 775. The van der Waals surface area contributed by atoms with E-state index in [4.69, 9.17) is 4.74 Å². The average Bonchev–Trinajstić information content (AvgIpc) is 2.73. The maximum absolute atomic E-state index is 13.2. The van der Waals surface area contributed by atoms with Crippen LogP contribution >= 0.6 is 0 Å². The Morgan fingerprint density at radius 3 is 2.18 bits per heavy atom. The molecule has 0 aliphatic carbocycles. The standard InChI is InChI=1S/C22H27FN2O3/c1-4-16-8-12-19(13-9-16)28-15-21(26)25(20(5-2)22(27)24-3)14-17-6-10-18(23)11-7-17/h6-13,20H,4-5,14-15H2,1-3H3,(H,24,27)/t20-/m1/s1. The van der Waals surface area contributed by atoms with Gasteiger partial charge in [0.1, 0.15) is 17.6 Å². The van der Waals surface area contributed by atoms with Crippen molar-refractivity contribution in [3.05, 3.63) is 65.5 Å². The third-order valence-electron chi connectivity index (χ3n) is 4.59. The van der Waals surface area contributed by atoms with Crippen LogP contribution in [0.4, 0.5) is 4.39 Å². The summed E-state index contributed by atoms with van der Waals surface area (Å²) < 4.78 is 18.8. The van der Waals surface area contributed by atoms with Crippen molar-refractivity contribution in [1.82, 2.24) is 10.2 Å². The van der Waals surface area contributed by atoms with Gasteiger partial charge in [0.15, 0.2) is 6.61 Å². The zero-order valence-corrected chi connectivity index (χ0v) is 16.6. The molecule has 0 aliphatic rings. The predicted molar refractivity (Wildman–Crippen MR) is 106 cm³/mol. The molecule has 28 heavy (non-hydrogen) atoms. The molecule has 0 saturated carbocycles. The number of benzene rings is 2. The largest absolute Gasteiger partial charge is 0.484 e. The van der Waals surface area contributed by atoms with Crippen molar-refractivity contribution in [3.63, 3.8) is 0 Å². The van der Waals surface area contributed by atoms with Crippen molar-refractivity contribution in [2.75, 3.05) is 13.7 Å². The highest BCUT2D eigenvalue weighted by molar-refractivity contribution is 5.88. The molecular formula is C22H27FN2O3. The van der Waals surface area contributed by atoms with Crippen LogP contribution in [0.25, 0.3) is 0 Å². The van der Waals surface area contributed by atoms with Crippen LogP contribution in [0.2, 0.25) is 0 Å². The van der Waals surface area contributed by atoms with Crippen molar-refractivity contribution in [1.29, 1.82) is 0 Å². The molecule has 1 atom stereocenters. The van der Waals surface area contributed by atoms with E-state index in [0.717, 1.165) is 12.0 Å². The van der Waals surface area contributed by atoms with Crippen LogP contribution in [0.5, 0.6) is 5.75 Å². The van der Waals surface area contributed by atoms with Gasteiger partial charge in [-0.2, -0.15) is 0 Å². The zero-order valence-electron chi connectivity index (χ0n) is 16.6. The van der Waals surface area contributed by atoms with Gasteiger partial charge in [-0.25, -0.2) is 4.39 Å². The highest BCUT2D eigenvalue weighted by Gasteiger charge is 2.28. The molecule has 0 fully saturated rings. The number of nitrogens with one attached hydrogen (secondary N) is 1. The topological polar surface area (TPSA) is 58.6 Å². The van der Waals surface area contributed by atoms with E-state index in [2.05, 4.69) is 12.2 Å². The minimum Gasteiger partial charge on any atom is -0.484 e. The summed E-state index contributed by atoms with van der Waals surface area (Å²) in [7, 11) is 1.54. The fourth-order valence-corrected chi connectivity index (χ4v) is 2.92. The fourth-order valence-electron chi connectivity index (χ4n) is 2.92. The van der Waals surface area contributed by atoms with Gasteiger partial charge in [0.05, 0.1) is 0 Å². The van der Waals surface area contributed by atoms with Gasteiger partial charge in [-0.15, -0.1) is 0 Å². The smallest absolute Gasteiger partial charge is 0.261 e. The number of aryl methyl sites for hydroxylation is 1. The number of carbonyl (C=O) groups is 2. The first kappa shape index (κ1) is 21.4. The molecule has 1 N–H and O–H groups in total. The van der Waals surface area contributed by atoms with E-state index in [1.807, 2.05) is 31.2 Å². The van der Waals surface area contributed by atoms with Crippen molar-refractivity contribution in [2.45, 2.75) is 39.3 Å². The number of likely N-dealkylation sites (N-methyl/N-ethyl adjacent to an activating group) is 1. The molecule has 2 amide bonds. The maximum atomic E-state index is 13.2. The van der Waals surface area contributed by atoms with Crippen LogP contribution in [-0.4, -0.2) is 36.4 Å². The first-order valence-corrected chi connectivity index (χ1v) is 9.45. The molecule has 150 valence electrons. The van der Waals surface area contributed by atoms with Crippen molar-refractivity contribution in [3.8, 4) is 5.75 Å². The van der Waals surface area contributed by atoms with Gasteiger partial charge in [-0.3, -0.25) is 9.59 Å². The molecule has 0 bridgehead atoms. The van der Waals surface area contributed by atoms with Gasteiger partial charge >= 0.3 is 0 Å².